The molecule has 7 heteroatoms. The molecule has 4 aliphatic rings. The molecule has 11 aromatic rings. The fraction of sp³-hybridized carbons (Fsp3) is 0.167. The minimum Gasteiger partial charge on any atom is -0.497 e. The predicted molar refractivity (Wildman–Crippen MR) is 377 cm³/mol. The standard InChI is InChI=1S/C84H74N4O3/c1-82(2)78-21-15-12-18-72(78)75-52-64(42-51-79(75)82)86(61-34-43-67(89-7)44-35-61)58-28-22-55(23-29-58)85(56-24-30-59(31-25-56)87(62-36-45-68(90-8)46-37-62)65-40-49-73-70-16-10-13-19-76(70)83(3,4)80(73)53-65)57-26-32-60(33-27-57)88(63-38-47-69(91-9)48-39-63)66-41-50-74-71-17-11-14-20-77(71)84(5,6)81(74)54-66/h10-26,28-32,34-54H,27,33H2,1-9H3. The molecular weight excluding hydrogens is 1110 g/mol. The Morgan fingerprint density at radius 2 is 0.495 bits per heavy atom. The first kappa shape index (κ1) is 57.0. The zero-order chi connectivity index (χ0) is 62.3. The lowest BCUT2D eigenvalue weighted by atomic mass is 9.82. The number of hydrogen-bond acceptors (Lipinski definition) is 7. The highest BCUT2D eigenvalue weighted by Gasteiger charge is 2.39. The average Bonchev–Trinajstić information content (AvgIpc) is 1.61. The summed E-state index contributed by atoms with van der Waals surface area (Å²) in [6.45, 7) is 14.1. The summed E-state index contributed by atoms with van der Waals surface area (Å²) in [6.07, 6.45) is 6.24. The number of methoxy groups -OCH3 is 3. The van der Waals surface area contributed by atoms with Gasteiger partial charge in [-0.1, -0.05) is 133 Å². The van der Waals surface area contributed by atoms with Gasteiger partial charge in [-0.05, 0) is 249 Å². The Kier molecular flexibility index (Phi) is 13.9. The second kappa shape index (κ2) is 22.2. The van der Waals surface area contributed by atoms with Gasteiger partial charge < -0.3 is 33.8 Å². The number of allylic oxidation sites excluding steroid dienone is 4. The molecule has 0 atom stereocenters. The molecule has 0 radical (unpaired) electrons. The zero-order valence-electron chi connectivity index (χ0n) is 53.3. The monoisotopic (exact) mass is 1190 g/mol. The summed E-state index contributed by atoms with van der Waals surface area (Å²) in [5, 5.41) is 0. The number of anilines is 10. The molecule has 11 aromatic carbocycles. The van der Waals surface area contributed by atoms with Crippen molar-refractivity contribution in [3.63, 3.8) is 0 Å². The van der Waals surface area contributed by atoms with Crippen LogP contribution < -0.4 is 33.8 Å². The van der Waals surface area contributed by atoms with Gasteiger partial charge in [-0.15, -0.1) is 0 Å². The number of fused-ring (bicyclic) bond motifs is 9. The number of hydrogen-bond donors (Lipinski definition) is 0. The molecule has 0 spiro atoms. The first-order valence-corrected chi connectivity index (χ1v) is 31.7. The number of ether oxygens (including phenoxy) is 3. The quantitative estimate of drug-likeness (QED) is 0.101. The van der Waals surface area contributed by atoms with Crippen molar-refractivity contribution in [1.82, 2.24) is 0 Å². The maximum Gasteiger partial charge on any atom is 0.119 e. The fourth-order valence-electron chi connectivity index (χ4n) is 15.0. The highest BCUT2D eigenvalue weighted by atomic mass is 16.5. The van der Waals surface area contributed by atoms with E-state index < -0.39 is 0 Å². The third-order valence-corrected chi connectivity index (χ3v) is 19.9. The van der Waals surface area contributed by atoms with Gasteiger partial charge in [-0.25, -0.2) is 0 Å². The zero-order valence-corrected chi connectivity index (χ0v) is 53.3. The van der Waals surface area contributed by atoms with Crippen LogP contribution in [0, 0.1) is 0 Å². The summed E-state index contributed by atoms with van der Waals surface area (Å²) in [5.74, 6) is 2.45. The number of rotatable bonds is 15. The van der Waals surface area contributed by atoms with E-state index >= 15 is 0 Å². The van der Waals surface area contributed by atoms with Gasteiger partial charge in [0, 0.05) is 84.5 Å². The Morgan fingerprint density at radius 1 is 0.242 bits per heavy atom. The summed E-state index contributed by atoms with van der Waals surface area (Å²) in [5.41, 5.74) is 28.5. The van der Waals surface area contributed by atoms with Gasteiger partial charge in [0.15, 0.2) is 0 Å². The molecule has 91 heavy (non-hydrogen) atoms. The van der Waals surface area contributed by atoms with Crippen LogP contribution in [0.4, 0.5) is 56.9 Å². The van der Waals surface area contributed by atoms with Crippen molar-refractivity contribution >= 4 is 56.9 Å². The molecule has 0 saturated carbocycles. The summed E-state index contributed by atoms with van der Waals surface area (Å²) in [4.78, 5) is 9.63. The van der Waals surface area contributed by atoms with E-state index in [9.17, 15) is 0 Å². The molecule has 7 nitrogen and oxygen atoms in total. The molecule has 4 aliphatic carbocycles. The van der Waals surface area contributed by atoms with Gasteiger partial charge in [-0.2, -0.15) is 0 Å². The normalized spacial score (nSPS) is 14.7. The van der Waals surface area contributed by atoms with Gasteiger partial charge in [-0.3, -0.25) is 0 Å². The highest BCUT2D eigenvalue weighted by molar-refractivity contribution is 5.90. The van der Waals surface area contributed by atoms with E-state index in [-0.39, 0.29) is 16.2 Å². The van der Waals surface area contributed by atoms with Crippen LogP contribution in [0.3, 0.4) is 0 Å². The van der Waals surface area contributed by atoms with Gasteiger partial charge in [0.05, 0.1) is 21.3 Å². The third kappa shape index (κ3) is 9.56. The van der Waals surface area contributed by atoms with Crippen molar-refractivity contribution in [2.24, 2.45) is 0 Å². The Labute approximate surface area is 536 Å². The lowest BCUT2D eigenvalue weighted by Crippen LogP contribution is -2.23. The van der Waals surface area contributed by atoms with E-state index in [1.54, 1.807) is 21.3 Å². The Morgan fingerprint density at radius 3 is 0.857 bits per heavy atom. The Bertz CT molecular complexity index is 4670. The van der Waals surface area contributed by atoms with Crippen molar-refractivity contribution in [3.05, 3.63) is 306 Å². The lowest BCUT2D eigenvalue weighted by molar-refractivity contribution is 0.414. The molecule has 0 aliphatic heterocycles. The minimum atomic E-state index is -0.165. The van der Waals surface area contributed by atoms with Crippen LogP contribution in [0.5, 0.6) is 17.2 Å². The molecule has 0 bridgehead atoms. The molecule has 0 fully saturated rings. The Balaban J connectivity index is 0.851. The maximum atomic E-state index is 5.70. The number of benzene rings is 11. The lowest BCUT2D eigenvalue weighted by Gasteiger charge is -2.34. The van der Waals surface area contributed by atoms with Crippen molar-refractivity contribution in [2.45, 2.75) is 70.6 Å². The summed E-state index contributed by atoms with van der Waals surface area (Å²) in [7, 11) is 5.17. The first-order chi connectivity index (χ1) is 44.2. The van der Waals surface area contributed by atoms with Crippen molar-refractivity contribution in [1.29, 1.82) is 0 Å². The number of nitrogens with zero attached hydrogens (tertiary/aromatic N) is 4. The van der Waals surface area contributed by atoms with E-state index in [2.05, 4.69) is 298 Å². The average molecular weight is 1190 g/mol. The van der Waals surface area contributed by atoms with E-state index in [4.69, 9.17) is 14.2 Å². The van der Waals surface area contributed by atoms with Crippen LogP contribution in [0.1, 0.15) is 87.8 Å². The van der Waals surface area contributed by atoms with Gasteiger partial charge >= 0.3 is 0 Å². The molecule has 0 amide bonds. The molecular formula is C84H74N4O3. The minimum absolute atomic E-state index is 0.109. The van der Waals surface area contributed by atoms with E-state index in [1.807, 2.05) is 24.3 Å². The molecule has 448 valence electrons. The van der Waals surface area contributed by atoms with Gasteiger partial charge in [0.25, 0.3) is 0 Å². The molecule has 0 unspecified atom stereocenters. The molecule has 0 heterocycles. The van der Waals surface area contributed by atoms with Gasteiger partial charge in [0.1, 0.15) is 17.2 Å². The second-order valence-corrected chi connectivity index (χ2v) is 26.0. The van der Waals surface area contributed by atoms with Crippen molar-refractivity contribution < 1.29 is 14.2 Å². The van der Waals surface area contributed by atoms with E-state index in [0.29, 0.717) is 0 Å². The van der Waals surface area contributed by atoms with Gasteiger partial charge in [0.2, 0.25) is 0 Å². The van der Waals surface area contributed by atoms with Crippen LogP contribution in [0.25, 0.3) is 33.4 Å². The SMILES string of the molecule is COc1ccc(N(C2=CC=C(N(c3ccc(N(c4ccc(OC)cc4)c4ccc5c(c4)-c4ccccc4C5(C)C)cc3)c3ccc(N(c4ccc(OC)cc4)c4ccc5c(c4)C(C)(C)c4ccccc4-5)cc3)CC2)c2ccc3c(c2)C(C)(C)c2ccccc2-3)cc1. The van der Waals surface area contributed by atoms with E-state index in [0.717, 1.165) is 87.0 Å². The smallest absolute Gasteiger partial charge is 0.119 e. The summed E-state index contributed by atoms with van der Waals surface area (Å²) < 4.78 is 17.1. The molecule has 0 saturated heterocycles. The summed E-state index contributed by atoms with van der Waals surface area (Å²) >= 11 is 0. The van der Waals surface area contributed by atoms with Crippen LogP contribution in [0.15, 0.2) is 272 Å². The largest absolute Gasteiger partial charge is 0.497 e. The topological polar surface area (TPSA) is 40.7 Å². The van der Waals surface area contributed by atoms with Crippen LogP contribution >= 0.6 is 0 Å². The highest BCUT2D eigenvalue weighted by Crippen LogP contribution is 2.55. The third-order valence-electron chi connectivity index (χ3n) is 19.9. The van der Waals surface area contributed by atoms with E-state index in [1.165, 1.54) is 78.2 Å². The van der Waals surface area contributed by atoms with Crippen molar-refractivity contribution in [2.75, 3.05) is 40.9 Å². The molecule has 15 rings (SSSR count). The maximum absolute atomic E-state index is 5.70. The molecule has 0 aromatic heterocycles. The van der Waals surface area contributed by atoms with Crippen LogP contribution in [-0.2, 0) is 16.2 Å². The predicted octanol–water partition coefficient (Wildman–Crippen LogP) is 22.1. The van der Waals surface area contributed by atoms with Crippen LogP contribution in [0.2, 0.25) is 0 Å². The second-order valence-electron chi connectivity index (χ2n) is 26.0. The summed E-state index contributed by atoms with van der Waals surface area (Å²) in [6, 6.07) is 91.1. The first-order valence-electron chi connectivity index (χ1n) is 31.7. The Hall–Kier alpha value is -10.5. The molecule has 0 N–H and O–H groups in total. The fourth-order valence-corrected chi connectivity index (χ4v) is 15.0. The van der Waals surface area contributed by atoms with Crippen molar-refractivity contribution in [3.8, 4) is 50.6 Å². The van der Waals surface area contributed by atoms with Crippen LogP contribution in [-0.4, -0.2) is 21.3 Å².